The summed E-state index contributed by atoms with van der Waals surface area (Å²) < 4.78 is 1.17. The van der Waals surface area contributed by atoms with Gasteiger partial charge in [0.25, 0.3) is 0 Å². The van der Waals surface area contributed by atoms with E-state index in [1.165, 1.54) is 9.13 Å². The Morgan fingerprint density at radius 3 is 2.80 bits per heavy atom. The van der Waals surface area contributed by atoms with Gasteiger partial charge in [-0.2, -0.15) is 0 Å². The second-order valence-corrected chi connectivity index (χ2v) is 4.53. The number of halogens is 1. The van der Waals surface area contributed by atoms with Gasteiger partial charge in [0.05, 0.1) is 0 Å². The van der Waals surface area contributed by atoms with Crippen molar-refractivity contribution in [3.8, 4) is 0 Å². The van der Waals surface area contributed by atoms with E-state index in [-0.39, 0.29) is 5.91 Å². The Morgan fingerprint density at radius 2 is 2.20 bits per heavy atom. The number of carbonyl (C=O) groups excluding carboxylic acids is 1. The van der Waals surface area contributed by atoms with Crippen LogP contribution in [-0.4, -0.2) is 19.5 Å². The quantitative estimate of drug-likeness (QED) is 0.835. The lowest BCUT2D eigenvalue weighted by molar-refractivity contribution is -0.116. The zero-order chi connectivity index (χ0) is 11.3. The lowest BCUT2D eigenvalue weighted by Crippen LogP contribution is -2.18. The first kappa shape index (κ1) is 12.4. The zero-order valence-electron chi connectivity index (χ0n) is 8.93. The molecule has 1 aromatic rings. The topological polar surface area (TPSA) is 41.1 Å². The number of nitrogens with one attached hydrogen (secondary N) is 2. The molecule has 2 N–H and O–H groups in total. The number of hydrogen-bond donors (Lipinski definition) is 2. The average molecular weight is 318 g/mol. The molecule has 0 bridgehead atoms. The van der Waals surface area contributed by atoms with Crippen molar-refractivity contribution >= 4 is 34.2 Å². The fourth-order valence-electron chi connectivity index (χ4n) is 1.13. The molecule has 15 heavy (non-hydrogen) atoms. The van der Waals surface area contributed by atoms with Crippen molar-refractivity contribution in [2.24, 2.45) is 0 Å². The van der Waals surface area contributed by atoms with Crippen molar-refractivity contribution in [1.82, 2.24) is 5.32 Å². The van der Waals surface area contributed by atoms with Gasteiger partial charge >= 0.3 is 0 Å². The van der Waals surface area contributed by atoms with Crippen LogP contribution in [0.2, 0.25) is 0 Å². The second-order valence-electron chi connectivity index (χ2n) is 3.37. The number of rotatable bonds is 4. The molecule has 0 aromatic heterocycles. The van der Waals surface area contributed by atoms with Crippen molar-refractivity contribution in [1.29, 1.82) is 0 Å². The lowest BCUT2D eigenvalue weighted by atomic mass is 10.2. The minimum atomic E-state index is 0.0454. The van der Waals surface area contributed by atoms with Crippen molar-refractivity contribution < 1.29 is 4.79 Å². The highest BCUT2D eigenvalue weighted by Gasteiger charge is 2.02. The highest BCUT2D eigenvalue weighted by atomic mass is 127. The molecular weight excluding hydrogens is 303 g/mol. The predicted molar refractivity (Wildman–Crippen MR) is 71.1 cm³/mol. The second kappa shape index (κ2) is 6.07. The van der Waals surface area contributed by atoms with Gasteiger partial charge in [0.15, 0.2) is 0 Å². The Hall–Kier alpha value is -0.620. The zero-order valence-corrected chi connectivity index (χ0v) is 11.1. The molecule has 0 saturated carbocycles. The first-order chi connectivity index (χ1) is 7.13. The molecule has 0 heterocycles. The van der Waals surface area contributed by atoms with Gasteiger partial charge < -0.3 is 10.6 Å². The normalized spacial score (nSPS) is 10.1. The van der Waals surface area contributed by atoms with Gasteiger partial charge in [0.1, 0.15) is 0 Å². The van der Waals surface area contributed by atoms with Gasteiger partial charge in [-0.3, -0.25) is 4.79 Å². The number of anilines is 1. The van der Waals surface area contributed by atoms with Crippen molar-refractivity contribution in [2.45, 2.75) is 13.3 Å². The monoisotopic (exact) mass is 318 g/mol. The van der Waals surface area contributed by atoms with E-state index in [1.54, 1.807) is 0 Å². The Balaban J connectivity index is 2.57. The Morgan fingerprint density at radius 1 is 1.47 bits per heavy atom. The molecule has 0 spiro atoms. The van der Waals surface area contributed by atoms with Crippen LogP contribution in [0.15, 0.2) is 18.2 Å². The Kier molecular flexibility index (Phi) is 5.04. The maximum Gasteiger partial charge on any atom is 0.225 e. The van der Waals surface area contributed by atoms with Gasteiger partial charge in [-0.15, -0.1) is 0 Å². The van der Waals surface area contributed by atoms with E-state index in [4.69, 9.17) is 0 Å². The smallest absolute Gasteiger partial charge is 0.225 e. The molecule has 0 fully saturated rings. The number of benzene rings is 1. The summed E-state index contributed by atoms with van der Waals surface area (Å²) in [5, 5.41) is 5.80. The standard InChI is InChI=1S/C11H15IN2O/c1-8-3-4-9(7-10(8)12)14-11(15)5-6-13-2/h3-4,7,13H,5-6H2,1-2H3,(H,14,15). The third kappa shape index (κ3) is 4.17. The molecule has 0 atom stereocenters. The third-order valence-electron chi connectivity index (χ3n) is 2.06. The van der Waals surface area contributed by atoms with Gasteiger partial charge in [0.2, 0.25) is 5.91 Å². The van der Waals surface area contributed by atoms with Crippen LogP contribution in [0.1, 0.15) is 12.0 Å². The van der Waals surface area contributed by atoms with Crippen molar-refractivity contribution in [2.75, 3.05) is 18.9 Å². The lowest BCUT2D eigenvalue weighted by Gasteiger charge is -2.06. The fraction of sp³-hybridized carbons (Fsp3) is 0.364. The van der Waals surface area contributed by atoms with Crippen LogP contribution < -0.4 is 10.6 Å². The van der Waals surface area contributed by atoms with E-state index in [0.29, 0.717) is 13.0 Å². The summed E-state index contributed by atoms with van der Waals surface area (Å²) in [4.78, 5) is 11.4. The summed E-state index contributed by atoms with van der Waals surface area (Å²) >= 11 is 2.26. The highest BCUT2D eigenvalue weighted by molar-refractivity contribution is 14.1. The summed E-state index contributed by atoms with van der Waals surface area (Å²) in [6.07, 6.45) is 0.501. The number of carbonyl (C=O) groups is 1. The van der Waals surface area contributed by atoms with Crippen molar-refractivity contribution in [3.63, 3.8) is 0 Å². The maximum atomic E-state index is 11.4. The maximum absolute atomic E-state index is 11.4. The number of aryl methyl sites for hydroxylation is 1. The van der Waals surface area contributed by atoms with E-state index in [0.717, 1.165) is 5.69 Å². The van der Waals surface area contributed by atoms with Crippen LogP contribution in [-0.2, 0) is 4.79 Å². The van der Waals surface area contributed by atoms with E-state index in [1.807, 2.05) is 32.2 Å². The van der Waals surface area contributed by atoms with Crippen LogP contribution in [0.3, 0.4) is 0 Å². The first-order valence-corrected chi connectivity index (χ1v) is 5.92. The minimum absolute atomic E-state index is 0.0454. The van der Waals surface area contributed by atoms with Gasteiger partial charge in [-0.25, -0.2) is 0 Å². The summed E-state index contributed by atoms with van der Waals surface area (Å²) in [7, 11) is 1.84. The van der Waals surface area contributed by atoms with E-state index in [2.05, 4.69) is 33.2 Å². The summed E-state index contributed by atoms with van der Waals surface area (Å²) in [6, 6.07) is 5.91. The van der Waals surface area contributed by atoms with Crippen LogP contribution in [0.5, 0.6) is 0 Å². The van der Waals surface area contributed by atoms with Crippen LogP contribution in [0, 0.1) is 10.5 Å². The molecule has 0 unspecified atom stereocenters. The SMILES string of the molecule is CNCCC(=O)Nc1ccc(C)c(I)c1. The predicted octanol–water partition coefficient (Wildman–Crippen LogP) is 2.15. The molecule has 0 aliphatic rings. The summed E-state index contributed by atoms with van der Waals surface area (Å²) in [6.45, 7) is 2.75. The van der Waals surface area contributed by atoms with Crippen molar-refractivity contribution in [3.05, 3.63) is 27.3 Å². The fourth-order valence-corrected chi connectivity index (χ4v) is 1.65. The number of hydrogen-bond acceptors (Lipinski definition) is 2. The molecule has 1 amide bonds. The molecule has 4 heteroatoms. The summed E-state index contributed by atoms with van der Waals surface area (Å²) in [5.74, 6) is 0.0454. The third-order valence-corrected chi connectivity index (χ3v) is 3.22. The van der Waals surface area contributed by atoms with Crippen LogP contribution in [0.4, 0.5) is 5.69 Å². The largest absolute Gasteiger partial charge is 0.326 e. The van der Waals surface area contributed by atoms with E-state index in [9.17, 15) is 4.79 Å². The molecule has 1 aromatic carbocycles. The first-order valence-electron chi connectivity index (χ1n) is 4.84. The molecule has 0 radical (unpaired) electrons. The molecule has 0 saturated heterocycles. The van der Waals surface area contributed by atoms with E-state index >= 15 is 0 Å². The molecule has 82 valence electrons. The van der Waals surface area contributed by atoms with Gasteiger partial charge in [0, 0.05) is 22.2 Å². The van der Waals surface area contributed by atoms with Gasteiger partial charge in [-0.05, 0) is 54.3 Å². The molecular formula is C11H15IN2O. The molecule has 3 nitrogen and oxygen atoms in total. The van der Waals surface area contributed by atoms with Gasteiger partial charge in [-0.1, -0.05) is 6.07 Å². The molecule has 1 rings (SSSR count). The van der Waals surface area contributed by atoms with E-state index < -0.39 is 0 Å². The Labute approximate surface area is 104 Å². The summed E-state index contributed by atoms with van der Waals surface area (Å²) in [5.41, 5.74) is 2.09. The molecule has 0 aliphatic carbocycles. The number of amides is 1. The average Bonchev–Trinajstić information content (AvgIpc) is 2.20. The Bertz CT molecular complexity index is 352. The minimum Gasteiger partial charge on any atom is -0.326 e. The highest BCUT2D eigenvalue weighted by Crippen LogP contribution is 2.16. The van der Waals surface area contributed by atoms with Crippen LogP contribution >= 0.6 is 22.6 Å². The van der Waals surface area contributed by atoms with Crippen LogP contribution in [0.25, 0.3) is 0 Å². The molecule has 0 aliphatic heterocycles.